The predicted molar refractivity (Wildman–Crippen MR) is 112 cm³/mol. The summed E-state index contributed by atoms with van der Waals surface area (Å²) in [5.41, 5.74) is 2.33. The van der Waals surface area contributed by atoms with Crippen molar-refractivity contribution in [3.8, 4) is 5.75 Å². The Balaban J connectivity index is 1.96. The fourth-order valence-corrected chi connectivity index (χ4v) is 4.29. The third-order valence-corrected chi connectivity index (χ3v) is 5.61. The third-order valence-electron chi connectivity index (χ3n) is 5.38. The van der Waals surface area contributed by atoms with Gasteiger partial charge in [-0.1, -0.05) is 41.9 Å². The van der Waals surface area contributed by atoms with Crippen molar-refractivity contribution in [1.82, 2.24) is 4.90 Å². The van der Waals surface area contributed by atoms with Crippen LogP contribution in [0.3, 0.4) is 0 Å². The first-order valence-electron chi connectivity index (χ1n) is 9.37. The summed E-state index contributed by atoms with van der Waals surface area (Å²) in [7, 11) is 5.79. The Morgan fingerprint density at radius 2 is 2.00 bits per heavy atom. The van der Waals surface area contributed by atoms with Gasteiger partial charge in [0, 0.05) is 23.9 Å². The van der Waals surface area contributed by atoms with E-state index in [1.54, 1.807) is 7.11 Å². The molecule has 0 aromatic heterocycles. The maximum Gasteiger partial charge on any atom is 0.119 e. The van der Waals surface area contributed by atoms with Crippen LogP contribution in [0.4, 0.5) is 0 Å². The number of aliphatic hydroxyl groups is 1. The second-order valence-corrected chi connectivity index (χ2v) is 8.11. The highest BCUT2D eigenvalue weighted by Crippen LogP contribution is 2.44. The Labute approximate surface area is 167 Å². The molecule has 3 nitrogen and oxygen atoms in total. The van der Waals surface area contributed by atoms with E-state index < -0.39 is 5.60 Å². The number of hydrogen-bond donors (Lipinski definition) is 1. The average Bonchev–Trinajstić information content (AvgIpc) is 2.90. The van der Waals surface area contributed by atoms with E-state index in [2.05, 4.69) is 31.1 Å². The summed E-state index contributed by atoms with van der Waals surface area (Å²) in [6.45, 7) is 0.854. The van der Waals surface area contributed by atoms with Gasteiger partial charge in [0.05, 0.1) is 12.7 Å². The number of halogens is 1. The molecule has 0 heterocycles. The monoisotopic (exact) mass is 385 g/mol. The van der Waals surface area contributed by atoms with E-state index in [1.165, 1.54) is 0 Å². The highest BCUT2D eigenvalue weighted by Gasteiger charge is 2.45. The number of nitrogens with zero attached hydrogens (tertiary/aromatic N) is 1. The number of benzene rings is 2. The van der Waals surface area contributed by atoms with Crippen molar-refractivity contribution >= 4 is 17.7 Å². The molecule has 0 bridgehead atoms. The molecule has 1 aliphatic rings. The largest absolute Gasteiger partial charge is 0.497 e. The van der Waals surface area contributed by atoms with Crippen molar-refractivity contribution < 1.29 is 9.84 Å². The molecule has 3 rings (SSSR count). The van der Waals surface area contributed by atoms with Gasteiger partial charge >= 0.3 is 0 Å². The molecule has 0 aliphatic heterocycles. The Kier molecular flexibility index (Phi) is 6.25. The van der Waals surface area contributed by atoms with E-state index in [0.29, 0.717) is 11.4 Å². The van der Waals surface area contributed by atoms with E-state index >= 15 is 0 Å². The standard InChI is InChI=1S/C23H28ClNO2/c1-25(2)16-20-11-10-19(12-17-6-5-9-22(14-17)27-3)23(20,26)15-18-7-4-8-21(24)13-18/h4-9,12-14,20,26H,10-11,15-16H2,1-3H3. The van der Waals surface area contributed by atoms with Crippen molar-refractivity contribution in [3.63, 3.8) is 0 Å². The van der Waals surface area contributed by atoms with E-state index in [1.807, 2.05) is 42.5 Å². The Morgan fingerprint density at radius 3 is 2.70 bits per heavy atom. The quantitative estimate of drug-likeness (QED) is 0.783. The highest BCUT2D eigenvalue weighted by atomic mass is 35.5. The molecule has 0 saturated heterocycles. The summed E-state index contributed by atoms with van der Waals surface area (Å²) in [6, 6.07) is 15.8. The van der Waals surface area contributed by atoms with E-state index in [9.17, 15) is 5.11 Å². The van der Waals surface area contributed by atoms with Crippen LogP contribution in [0.1, 0.15) is 24.0 Å². The minimum atomic E-state index is -0.877. The summed E-state index contributed by atoms with van der Waals surface area (Å²) >= 11 is 6.18. The average molecular weight is 386 g/mol. The van der Waals surface area contributed by atoms with Gasteiger partial charge in [-0.25, -0.2) is 0 Å². The van der Waals surface area contributed by atoms with Crippen molar-refractivity contribution in [2.24, 2.45) is 5.92 Å². The van der Waals surface area contributed by atoms with Crippen molar-refractivity contribution in [2.45, 2.75) is 24.9 Å². The van der Waals surface area contributed by atoms with Gasteiger partial charge in [-0.2, -0.15) is 0 Å². The van der Waals surface area contributed by atoms with Crippen molar-refractivity contribution in [3.05, 3.63) is 70.3 Å². The van der Waals surface area contributed by atoms with Gasteiger partial charge in [0.1, 0.15) is 5.75 Å². The molecule has 1 fully saturated rings. The second kappa shape index (κ2) is 8.47. The smallest absolute Gasteiger partial charge is 0.119 e. The summed E-state index contributed by atoms with van der Waals surface area (Å²) < 4.78 is 5.34. The number of methoxy groups -OCH3 is 1. The first kappa shape index (κ1) is 19.9. The maximum atomic E-state index is 11.8. The summed E-state index contributed by atoms with van der Waals surface area (Å²) in [5.74, 6) is 1.01. The van der Waals surface area contributed by atoms with Crippen LogP contribution >= 0.6 is 11.6 Å². The third kappa shape index (κ3) is 4.73. The summed E-state index contributed by atoms with van der Waals surface area (Å²) in [5, 5.41) is 12.5. The molecule has 1 aliphatic carbocycles. The lowest BCUT2D eigenvalue weighted by atomic mass is 9.81. The second-order valence-electron chi connectivity index (χ2n) is 7.67. The molecule has 27 heavy (non-hydrogen) atoms. The molecular weight excluding hydrogens is 358 g/mol. The van der Waals surface area contributed by atoms with Gasteiger partial charge in [-0.3, -0.25) is 0 Å². The van der Waals surface area contributed by atoms with Crippen molar-refractivity contribution in [2.75, 3.05) is 27.7 Å². The maximum absolute atomic E-state index is 11.8. The van der Waals surface area contributed by atoms with Crippen LogP contribution in [-0.2, 0) is 6.42 Å². The van der Waals surface area contributed by atoms with Crippen molar-refractivity contribution in [1.29, 1.82) is 0 Å². The Bertz CT molecular complexity index is 818. The van der Waals surface area contributed by atoms with E-state index in [0.717, 1.165) is 41.8 Å². The molecule has 0 amide bonds. The Morgan fingerprint density at radius 1 is 1.22 bits per heavy atom. The number of rotatable bonds is 6. The predicted octanol–water partition coefficient (Wildman–Crippen LogP) is 4.68. The number of hydrogen-bond acceptors (Lipinski definition) is 3. The highest BCUT2D eigenvalue weighted by molar-refractivity contribution is 6.30. The SMILES string of the molecule is COc1cccc(C=C2CCC(CN(C)C)C2(O)Cc2cccc(Cl)c2)c1. The van der Waals surface area contributed by atoms with E-state index in [-0.39, 0.29) is 5.92 Å². The van der Waals surface area contributed by atoms with Gasteiger partial charge < -0.3 is 14.7 Å². The van der Waals surface area contributed by atoms with Gasteiger partial charge in [0.2, 0.25) is 0 Å². The topological polar surface area (TPSA) is 32.7 Å². The molecule has 1 saturated carbocycles. The molecular formula is C23H28ClNO2. The van der Waals surface area contributed by atoms with Crippen LogP contribution in [0, 0.1) is 5.92 Å². The zero-order valence-corrected chi connectivity index (χ0v) is 17.0. The first-order chi connectivity index (χ1) is 12.9. The van der Waals surface area contributed by atoms with Gasteiger partial charge in [-0.05, 0) is 67.9 Å². The minimum absolute atomic E-state index is 0.184. The minimum Gasteiger partial charge on any atom is -0.497 e. The fraction of sp³-hybridized carbons (Fsp3) is 0.391. The van der Waals surface area contributed by atoms with Gasteiger partial charge in [-0.15, -0.1) is 0 Å². The Hall–Kier alpha value is -1.81. The van der Waals surface area contributed by atoms with Crippen LogP contribution in [0.25, 0.3) is 6.08 Å². The lowest BCUT2D eigenvalue weighted by Gasteiger charge is -2.33. The van der Waals surface area contributed by atoms with Crippen LogP contribution in [0.2, 0.25) is 5.02 Å². The number of ether oxygens (including phenoxy) is 1. The van der Waals surface area contributed by atoms with Gasteiger partial charge in [0.25, 0.3) is 0 Å². The first-order valence-corrected chi connectivity index (χ1v) is 9.75. The molecule has 0 spiro atoms. The van der Waals surface area contributed by atoms with Crippen LogP contribution in [-0.4, -0.2) is 43.4 Å². The summed E-state index contributed by atoms with van der Waals surface area (Å²) in [6.07, 6.45) is 4.57. The molecule has 2 unspecified atom stereocenters. The normalized spacial score (nSPS) is 23.9. The van der Waals surface area contributed by atoms with E-state index in [4.69, 9.17) is 16.3 Å². The molecule has 4 heteroatoms. The zero-order valence-electron chi connectivity index (χ0n) is 16.3. The summed E-state index contributed by atoms with van der Waals surface area (Å²) in [4.78, 5) is 2.15. The molecule has 2 aromatic rings. The van der Waals surface area contributed by atoms with Gasteiger partial charge in [0.15, 0.2) is 0 Å². The molecule has 144 valence electrons. The lowest BCUT2D eigenvalue weighted by molar-refractivity contribution is 0.0257. The fourth-order valence-electron chi connectivity index (χ4n) is 4.08. The molecule has 1 N–H and O–H groups in total. The molecule has 0 radical (unpaired) electrons. The van der Waals surface area contributed by atoms with Crippen LogP contribution in [0.15, 0.2) is 54.1 Å². The molecule has 2 atom stereocenters. The van der Waals surface area contributed by atoms with Crippen LogP contribution < -0.4 is 4.74 Å². The zero-order chi connectivity index (χ0) is 19.4. The lowest BCUT2D eigenvalue weighted by Crippen LogP contribution is -2.42. The molecule has 2 aromatic carbocycles. The van der Waals surface area contributed by atoms with Crippen LogP contribution in [0.5, 0.6) is 5.75 Å².